The third-order valence-electron chi connectivity index (χ3n) is 2.24. The van der Waals surface area contributed by atoms with Crippen LogP contribution in [0.15, 0.2) is 22.7 Å². The average Bonchev–Trinajstić information content (AvgIpc) is 2.78. The van der Waals surface area contributed by atoms with Crippen molar-refractivity contribution in [1.29, 1.82) is 0 Å². The Balaban J connectivity index is 2.27. The molecule has 0 aliphatic heterocycles. The second-order valence-electron chi connectivity index (χ2n) is 3.49. The molecule has 0 fully saturated rings. The van der Waals surface area contributed by atoms with E-state index in [0.717, 1.165) is 28.4 Å². The maximum absolute atomic E-state index is 13.4. The van der Waals surface area contributed by atoms with Gasteiger partial charge in [-0.05, 0) is 35.0 Å². The van der Waals surface area contributed by atoms with Crippen LogP contribution in [0.25, 0.3) is 10.6 Å². The second kappa shape index (κ2) is 5.66. The molecule has 1 heterocycles. The van der Waals surface area contributed by atoms with Crippen molar-refractivity contribution in [3.8, 4) is 10.6 Å². The summed E-state index contributed by atoms with van der Waals surface area (Å²) in [7, 11) is 0. The zero-order chi connectivity index (χ0) is 12.3. The Morgan fingerprint density at radius 2 is 2.18 bits per heavy atom. The van der Waals surface area contributed by atoms with E-state index in [1.165, 1.54) is 17.4 Å². The van der Waals surface area contributed by atoms with Crippen molar-refractivity contribution in [1.82, 2.24) is 10.2 Å². The van der Waals surface area contributed by atoms with Gasteiger partial charge in [-0.25, -0.2) is 4.39 Å². The Bertz CT molecular complexity index is 515. The highest BCUT2D eigenvalue weighted by Gasteiger charge is 2.12. The van der Waals surface area contributed by atoms with Crippen molar-refractivity contribution in [2.75, 3.05) is 6.54 Å². The lowest BCUT2D eigenvalue weighted by atomic mass is 10.2. The van der Waals surface area contributed by atoms with Crippen LogP contribution in [-0.2, 0) is 6.42 Å². The molecule has 0 saturated heterocycles. The Kier molecular flexibility index (Phi) is 4.20. The molecule has 0 spiro atoms. The van der Waals surface area contributed by atoms with Crippen molar-refractivity contribution >= 4 is 27.3 Å². The summed E-state index contributed by atoms with van der Waals surface area (Å²) in [6.07, 6.45) is 1.71. The smallest absolute Gasteiger partial charge is 0.149 e. The lowest BCUT2D eigenvalue weighted by Gasteiger charge is -1.99. The molecule has 1 aromatic carbocycles. The molecule has 0 amide bonds. The van der Waals surface area contributed by atoms with Crippen LogP contribution >= 0.6 is 27.3 Å². The highest BCUT2D eigenvalue weighted by atomic mass is 79.9. The summed E-state index contributed by atoms with van der Waals surface area (Å²) in [5.41, 5.74) is 6.18. The first-order valence-corrected chi connectivity index (χ1v) is 6.80. The molecule has 2 N–H and O–H groups in total. The summed E-state index contributed by atoms with van der Waals surface area (Å²) in [5, 5.41) is 9.80. The van der Waals surface area contributed by atoms with Crippen LogP contribution in [-0.4, -0.2) is 16.7 Å². The normalized spacial score (nSPS) is 10.8. The van der Waals surface area contributed by atoms with Crippen LogP contribution in [0.3, 0.4) is 0 Å². The highest BCUT2D eigenvalue weighted by molar-refractivity contribution is 9.10. The minimum atomic E-state index is -0.291. The third kappa shape index (κ3) is 2.88. The SMILES string of the molecule is NCCCc1nnc(-c2cccc(F)c2Br)s1. The number of nitrogens with zero attached hydrogens (tertiary/aromatic N) is 2. The van der Waals surface area contributed by atoms with Gasteiger partial charge in [-0.15, -0.1) is 10.2 Å². The van der Waals surface area contributed by atoms with Gasteiger partial charge in [-0.3, -0.25) is 0 Å². The van der Waals surface area contributed by atoms with Crippen molar-refractivity contribution < 1.29 is 4.39 Å². The van der Waals surface area contributed by atoms with Crippen LogP contribution in [0.5, 0.6) is 0 Å². The lowest BCUT2D eigenvalue weighted by Crippen LogP contribution is -1.99. The Morgan fingerprint density at radius 1 is 1.35 bits per heavy atom. The molecule has 0 unspecified atom stereocenters. The van der Waals surface area contributed by atoms with Gasteiger partial charge < -0.3 is 5.73 Å². The first-order valence-electron chi connectivity index (χ1n) is 5.19. The molecule has 0 aliphatic carbocycles. The second-order valence-corrected chi connectivity index (χ2v) is 5.35. The maximum atomic E-state index is 13.4. The van der Waals surface area contributed by atoms with E-state index in [4.69, 9.17) is 5.73 Å². The Labute approximate surface area is 111 Å². The van der Waals surface area contributed by atoms with Crippen molar-refractivity contribution in [3.63, 3.8) is 0 Å². The number of nitrogens with two attached hydrogens (primary N) is 1. The largest absolute Gasteiger partial charge is 0.330 e. The minimum Gasteiger partial charge on any atom is -0.330 e. The van der Waals surface area contributed by atoms with E-state index in [-0.39, 0.29) is 5.82 Å². The first kappa shape index (κ1) is 12.6. The van der Waals surface area contributed by atoms with E-state index in [1.807, 2.05) is 6.07 Å². The van der Waals surface area contributed by atoms with Gasteiger partial charge in [0.1, 0.15) is 15.8 Å². The molecule has 0 atom stereocenters. The third-order valence-corrected chi connectivity index (χ3v) is 4.07. The molecule has 0 aliphatic rings. The fourth-order valence-electron chi connectivity index (χ4n) is 1.39. The monoisotopic (exact) mass is 315 g/mol. The lowest BCUT2D eigenvalue weighted by molar-refractivity contribution is 0.621. The molecule has 6 heteroatoms. The molecular formula is C11H11BrFN3S. The zero-order valence-corrected chi connectivity index (χ0v) is 11.4. The fourth-order valence-corrected chi connectivity index (χ4v) is 2.88. The number of hydrogen-bond donors (Lipinski definition) is 1. The quantitative estimate of drug-likeness (QED) is 0.943. The summed E-state index contributed by atoms with van der Waals surface area (Å²) >= 11 is 4.70. The van der Waals surface area contributed by atoms with E-state index in [1.54, 1.807) is 6.07 Å². The molecular weight excluding hydrogens is 305 g/mol. The van der Waals surface area contributed by atoms with E-state index >= 15 is 0 Å². The average molecular weight is 316 g/mol. The molecule has 17 heavy (non-hydrogen) atoms. The molecule has 0 radical (unpaired) electrons. The van der Waals surface area contributed by atoms with Crippen LogP contribution in [0.1, 0.15) is 11.4 Å². The summed E-state index contributed by atoms with van der Waals surface area (Å²) in [5.74, 6) is -0.291. The minimum absolute atomic E-state index is 0.291. The van der Waals surface area contributed by atoms with E-state index in [0.29, 0.717) is 11.0 Å². The molecule has 90 valence electrons. The number of benzene rings is 1. The zero-order valence-electron chi connectivity index (χ0n) is 8.99. The van der Waals surface area contributed by atoms with Crippen LogP contribution in [0.2, 0.25) is 0 Å². The van der Waals surface area contributed by atoms with Gasteiger partial charge in [0.15, 0.2) is 0 Å². The van der Waals surface area contributed by atoms with E-state index < -0.39 is 0 Å². The fraction of sp³-hybridized carbons (Fsp3) is 0.273. The highest BCUT2D eigenvalue weighted by Crippen LogP contribution is 2.32. The number of halogens is 2. The van der Waals surface area contributed by atoms with Crippen molar-refractivity contribution in [2.45, 2.75) is 12.8 Å². The van der Waals surface area contributed by atoms with Gasteiger partial charge in [-0.2, -0.15) is 0 Å². The standard InChI is InChI=1S/C11H11BrFN3S/c12-10-7(3-1-4-8(10)13)11-16-15-9(17-11)5-2-6-14/h1,3-4H,2,5-6,14H2. The summed E-state index contributed by atoms with van der Waals surface area (Å²) < 4.78 is 13.8. The summed E-state index contributed by atoms with van der Waals surface area (Å²) in [6, 6.07) is 4.89. The van der Waals surface area contributed by atoms with Gasteiger partial charge in [0.25, 0.3) is 0 Å². The van der Waals surface area contributed by atoms with Gasteiger partial charge >= 0.3 is 0 Å². The maximum Gasteiger partial charge on any atom is 0.149 e. The molecule has 0 saturated carbocycles. The van der Waals surface area contributed by atoms with Crippen LogP contribution in [0.4, 0.5) is 4.39 Å². The Morgan fingerprint density at radius 3 is 2.94 bits per heavy atom. The van der Waals surface area contributed by atoms with E-state index in [9.17, 15) is 4.39 Å². The van der Waals surface area contributed by atoms with Gasteiger partial charge in [0, 0.05) is 12.0 Å². The van der Waals surface area contributed by atoms with Crippen molar-refractivity contribution in [3.05, 3.63) is 33.5 Å². The predicted octanol–water partition coefficient (Wildman–Crippen LogP) is 3.00. The molecule has 2 aromatic rings. The predicted molar refractivity (Wildman–Crippen MR) is 70.4 cm³/mol. The number of hydrogen-bond acceptors (Lipinski definition) is 4. The van der Waals surface area contributed by atoms with Gasteiger partial charge in [0.2, 0.25) is 0 Å². The molecule has 3 nitrogen and oxygen atoms in total. The molecule has 1 aromatic heterocycles. The number of rotatable bonds is 4. The van der Waals surface area contributed by atoms with Gasteiger partial charge in [0.05, 0.1) is 4.47 Å². The first-order chi connectivity index (χ1) is 8.22. The van der Waals surface area contributed by atoms with Crippen LogP contribution < -0.4 is 5.73 Å². The molecule has 0 bridgehead atoms. The van der Waals surface area contributed by atoms with Crippen molar-refractivity contribution in [2.24, 2.45) is 5.73 Å². The Hall–Kier alpha value is -0.850. The topological polar surface area (TPSA) is 51.8 Å². The summed E-state index contributed by atoms with van der Waals surface area (Å²) in [4.78, 5) is 0. The number of aryl methyl sites for hydroxylation is 1. The number of aromatic nitrogens is 2. The summed E-state index contributed by atoms with van der Waals surface area (Å²) in [6.45, 7) is 0.637. The molecule has 2 rings (SSSR count). The van der Waals surface area contributed by atoms with Gasteiger partial charge in [-0.1, -0.05) is 23.5 Å². The van der Waals surface area contributed by atoms with Crippen LogP contribution in [0, 0.1) is 5.82 Å². The van der Waals surface area contributed by atoms with E-state index in [2.05, 4.69) is 26.1 Å².